The van der Waals surface area contributed by atoms with Gasteiger partial charge in [-0.1, -0.05) is 68.7 Å². The molecule has 34 heavy (non-hydrogen) atoms. The Hall–Kier alpha value is -1.75. The van der Waals surface area contributed by atoms with Crippen molar-refractivity contribution >= 4 is 14.5 Å². The van der Waals surface area contributed by atoms with E-state index in [2.05, 4.69) is 44.7 Å². The van der Waals surface area contributed by atoms with E-state index in [1.807, 2.05) is 47.6 Å². The largest absolute Gasteiger partial charge is 0.417 e. The summed E-state index contributed by atoms with van der Waals surface area (Å²) in [5.74, 6) is 1.52. The van der Waals surface area contributed by atoms with E-state index >= 15 is 0 Å². The van der Waals surface area contributed by atoms with Gasteiger partial charge in [-0.05, 0) is 46.3 Å². The van der Waals surface area contributed by atoms with Crippen LogP contribution in [-0.4, -0.2) is 23.0 Å². The first-order chi connectivity index (χ1) is 15.9. The molecule has 0 aliphatic carbocycles. The highest BCUT2D eigenvalue weighted by Crippen LogP contribution is 2.19. The summed E-state index contributed by atoms with van der Waals surface area (Å²) < 4.78 is 52.0. The molecule has 8 heteroatoms. The molecule has 2 heterocycles. The Morgan fingerprint density at radius 1 is 0.882 bits per heavy atom. The van der Waals surface area contributed by atoms with Gasteiger partial charge >= 0.3 is 6.61 Å². The molecular weight excluding hydrogens is 463 g/mol. The molecule has 0 fully saturated rings. The molecule has 0 aromatic carbocycles. The molecule has 0 aliphatic rings. The fraction of sp³-hybridized carbons (Fsp3) is 0.615. The van der Waals surface area contributed by atoms with Gasteiger partial charge in [0, 0.05) is 18.5 Å². The van der Waals surface area contributed by atoms with Crippen molar-refractivity contribution in [3.05, 3.63) is 47.4 Å². The molecule has 0 saturated carbocycles. The lowest BCUT2D eigenvalue weighted by Crippen LogP contribution is -2.11. The Kier molecular flexibility index (Phi) is 19.8. The topological polar surface area (TPSA) is 35.0 Å². The minimum Gasteiger partial charge on any atom is -0.417 e. The number of hydrogen-bond donors (Lipinski definition) is 0. The Morgan fingerprint density at radius 3 is 1.79 bits per heavy atom. The summed E-state index contributed by atoms with van der Waals surface area (Å²) in [4.78, 5) is 7.70. The van der Waals surface area contributed by atoms with Crippen LogP contribution in [-0.2, 0) is 6.42 Å². The van der Waals surface area contributed by atoms with E-state index < -0.39 is 13.0 Å². The van der Waals surface area contributed by atoms with E-state index in [0.717, 1.165) is 22.3 Å². The van der Waals surface area contributed by atoms with Crippen molar-refractivity contribution in [3.8, 4) is 5.88 Å². The van der Waals surface area contributed by atoms with Crippen LogP contribution in [0, 0.1) is 5.92 Å². The third kappa shape index (κ3) is 16.8. The number of ether oxygens (including phenoxy) is 1. The van der Waals surface area contributed by atoms with Crippen molar-refractivity contribution in [2.75, 3.05) is 0 Å². The molecule has 0 bridgehead atoms. The quantitative estimate of drug-likeness (QED) is 0.279. The fourth-order valence-corrected chi connectivity index (χ4v) is 2.48. The van der Waals surface area contributed by atoms with Gasteiger partial charge in [-0.3, -0.25) is 4.98 Å². The fourth-order valence-electron chi connectivity index (χ4n) is 2.10. The molecule has 2 aromatic rings. The Bertz CT molecular complexity index is 772. The van der Waals surface area contributed by atoms with Crippen molar-refractivity contribution in [2.45, 2.75) is 100 Å². The smallest absolute Gasteiger partial charge is 0.388 e. The van der Waals surface area contributed by atoms with Crippen molar-refractivity contribution in [1.82, 2.24) is 9.97 Å². The van der Waals surface area contributed by atoms with Gasteiger partial charge in [-0.2, -0.15) is 8.78 Å². The molecule has 0 saturated heterocycles. The molecule has 196 valence electrons. The van der Waals surface area contributed by atoms with Crippen LogP contribution in [0.3, 0.4) is 0 Å². The summed E-state index contributed by atoms with van der Waals surface area (Å²) in [5.41, 5.74) is 2.48. The Balaban J connectivity index is 0. The van der Waals surface area contributed by atoms with Crippen LogP contribution in [0.25, 0.3) is 0 Å². The Morgan fingerprint density at radius 2 is 1.41 bits per heavy atom. The minimum atomic E-state index is -2.81. The third-order valence-corrected chi connectivity index (χ3v) is 4.99. The van der Waals surface area contributed by atoms with Gasteiger partial charge in [0.05, 0.1) is 12.1 Å². The maximum atomic E-state index is 12.1. The number of alkyl halides is 4. The third-order valence-electron chi connectivity index (χ3n) is 4.49. The second-order valence-corrected chi connectivity index (χ2v) is 8.94. The summed E-state index contributed by atoms with van der Waals surface area (Å²) in [6.07, 6.45) is 1.85. The molecule has 3 nitrogen and oxygen atoms in total. The number of hydrogen-bond acceptors (Lipinski definition) is 3. The molecule has 0 radical (unpaired) electrons. The van der Waals surface area contributed by atoms with E-state index in [1.54, 1.807) is 12.3 Å². The lowest BCUT2D eigenvalue weighted by Gasteiger charge is -2.09. The first-order valence-corrected chi connectivity index (χ1v) is 12.4. The number of halogens is 4. The first kappa shape index (κ1) is 34.4. The predicted octanol–water partition coefficient (Wildman–Crippen LogP) is 8.40. The highest BCUT2D eigenvalue weighted by atomic mass is 31.0. The zero-order chi connectivity index (χ0) is 26.8. The van der Waals surface area contributed by atoms with E-state index in [0.29, 0.717) is 11.6 Å². The summed E-state index contributed by atoms with van der Waals surface area (Å²) in [7, 11) is 2.46. The van der Waals surface area contributed by atoms with Crippen molar-refractivity contribution in [2.24, 2.45) is 5.92 Å². The summed E-state index contributed by atoms with van der Waals surface area (Å²) in [6, 6.07) is 5.21. The molecular formula is C26H43F4N2OP. The maximum absolute atomic E-state index is 12.1. The monoisotopic (exact) mass is 506 g/mol. The molecule has 0 aliphatic heterocycles. The highest BCUT2D eigenvalue weighted by Gasteiger charge is 2.10. The van der Waals surface area contributed by atoms with Crippen molar-refractivity contribution in [3.63, 3.8) is 0 Å². The molecule has 2 aromatic heterocycles. The summed E-state index contributed by atoms with van der Waals surface area (Å²) in [5, 5.41) is 0.775. The van der Waals surface area contributed by atoms with Gasteiger partial charge in [0.1, 0.15) is 0 Å². The second kappa shape index (κ2) is 19.5. The van der Waals surface area contributed by atoms with Gasteiger partial charge in [0.2, 0.25) is 12.3 Å². The lowest BCUT2D eigenvalue weighted by atomic mass is 10.1. The van der Waals surface area contributed by atoms with E-state index in [4.69, 9.17) is 0 Å². The van der Waals surface area contributed by atoms with Crippen LogP contribution < -0.4 is 10.0 Å². The van der Waals surface area contributed by atoms with Gasteiger partial charge in [0.15, 0.2) is 0 Å². The van der Waals surface area contributed by atoms with Gasteiger partial charge in [-0.25, -0.2) is 13.8 Å². The molecule has 1 atom stereocenters. The van der Waals surface area contributed by atoms with Crippen LogP contribution in [0.4, 0.5) is 17.6 Å². The lowest BCUT2D eigenvalue weighted by molar-refractivity contribution is -0.0529. The van der Waals surface area contributed by atoms with E-state index in [-0.39, 0.29) is 18.2 Å². The van der Waals surface area contributed by atoms with Crippen LogP contribution >= 0.6 is 9.24 Å². The number of aromatic nitrogens is 2. The van der Waals surface area contributed by atoms with E-state index in [1.165, 1.54) is 18.7 Å². The number of rotatable bonds is 7. The van der Waals surface area contributed by atoms with Gasteiger partial charge < -0.3 is 4.74 Å². The van der Waals surface area contributed by atoms with Crippen LogP contribution in [0.1, 0.15) is 97.4 Å². The van der Waals surface area contributed by atoms with Crippen LogP contribution in [0.15, 0.2) is 30.6 Å². The second-order valence-electron chi connectivity index (χ2n) is 8.32. The SMILES string of the molecule is CC.CC(C)c1ccnc(OC(F)F)c1.CC(C)c1cnc(CC(F)F)c(P)c1.CCC(C)C. The van der Waals surface area contributed by atoms with Crippen LogP contribution in [0.5, 0.6) is 5.88 Å². The maximum Gasteiger partial charge on any atom is 0.388 e. The molecule has 0 spiro atoms. The number of nitrogens with zero attached hydrogens (tertiary/aromatic N) is 2. The average Bonchev–Trinajstić information content (AvgIpc) is 2.76. The highest BCUT2D eigenvalue weighted by molar-refractivity contribution is 7.27. The normalized spacial score (nSPS) is 10.4. The Labute approximate surface area is 206 Å². The average molecular weight is 507 g/mol. The van der Waals surface area contributed by atoms with Gasteiger partial charge in [0.25, 0.3) is 0 Å². The van der Waals surface area contributed by atoms with Crippen molar-refractivity contribution < 1.29 is 22.3 Å². The summed E-state index contributed by atoms with van der Waals surface area (Å²) in [6.45, 7) is 15.9. The molecule has 1 unspecified atom stereocenters. The van der Waals surface area contributed by atoms with Crippen molar-refractivity contribution in [1.29, 1.82) is 0 Å². The van der Waals surface area contributed by atoms with E-state index in [9.17, 15) is 17.6 Å². The number of pyridine rings is 2. The minimum absolute atomic E-state index is 0.0267. The predicted molar refractivity (Wildman–Crippen MR) is 139 cm³/mol. The standard InChI is InChI=1S/C10H14F2NP.C9H11F2NO.C5H12.C2H6/c1-6(2)7-3-9(14)8(13-5-7)4-10(11)12;1-6(2)7-3-4-12-8(5-7)13-9(10)11;1-4-5(2)3;1-2/h3,5-6,10H,4,14H2,1-2H3;3-6,9H,1-2H3;5H,4H2,1-3H3;1-2H3. The zero-order valence-electron chi connectivity index (χ0n) is 22.1. The van der Waals surface area contributed by atoms with Gasteiger partial charge in [-0.15, -0.1) is 9.24 Å². The molecule has 0 N–H and O–H groups in total. The first-order valence-electron chi connectivity index (χ1n) is 11.8. The van der Waals surface area contributed by atoms with Crippen LogP contribution in [0.2, 0.25) is 0 Å². The molecule has 2 rings (SSSR count). The molecule has 0 amide bonds. The summed E-state index contributed by atoms with van der Waals surface area (Å²) >= 11 is 0. The zero-order valence-corrected chi connectivity index (χ0v) is 23.2.